The van der Waals surface area contributed by atoms with Gasteiger partial charge in [0.1, 0.15) is 0 Å². The number of hydrogen-bond donors (Lipinski definition) is 1. The van der Waals surface area contributed by atoms with Gasteiger partial charge in [0.15, 0.2) is 0 Å². The summed E-state index contributed by atoms with van der Waals surface area (Å²) in [5.41, 5.74) is 0. The van der Waals surface area contributed by atoms with Crippen LogP contribution in [0.2, 0.25) is 0 Å². The molecule has 1 saturated heterocycles. The first-order valence-corrected chi connectivity index (χ1v) is 6.25. The minimum absolute atomic E-state index is 0.348. The summed E-state index contributed by atoms with van der Waals surface area (Å²) in [6.07, 6.45) is -4.08. The van der Waals surface area contributed by atoms with Gasteiger partial charge in [0.2, 0.25) is 0 Å². The van der Waals surface area contributed by atoms with Gasteiger partial charge in [-0.05, 0) is 0 Å². The summed E-state index contributed by atoms with van der Waals surface area (Å²) in [5.74, 6) is 3.15. The highest BCUT2D eigenvalue weighted by Gasteiger charge is 2.26. The SMILES string of the molecule is FC(F)(F)CNCC1CSCCS1. The van der Waals surface area contributed by atoms with Crippen LogP contribution in [-0.4, -0.2) is 41.8 Å². The first-order valence-electron chi connectivity index (χ1n) is 4.05. The fourth-order valence-electron chi connectivity index (χ4n) is 1.03. The van der Waals surface area contributed by atoms with Crippen molar-refractivity contribution in [1.82, 2.24) is 5.32 Å². The third kappa shape index (κ3) is 5.70. The van der Waals surface area contributed by atoms with Gasteiger partial charge in [-0.25, -0.2) is 0 Å². The maximum atomic E-state index is 11.7. The number of halogens is 3. The van der Waals surface area contributed by atoms with E-state index >= 15 is 0 Å². The lowest BCUT2D eigenvalue weighted by Gasteiger charge is -2.21. The molecule has 0 aromatic carbocycles. The Morgan fingerprint density at radius 1 is 1.31 bits per heavy atom. The fraction of sp³-hybridized carbons (Fsp3) is 1.00. The first kappa shape index (κ1) is 11.5. The van der Waals surface area contributed by atoms with E-state index in [4.69, 9.17) is 0 Å². The Bertz CT molecular complexity index is 145. The zero-order valence-electron chi connectivity index (χ0n) is 7.06. The lowest BCUT2D eigenvalue weighted by atomic mass is 10.4. The zero-order valence-corrected chi connectivity index (χ0v) is 8.70. The average molecular weight is 231 g/mol. The van der Waals surface area contributed by atoms with Crippen molar-refractivity contribution < 1.29 is 13.2 Å². The van der Waals surface area contributed by atoms with Gasteiger partial charge in [0.05, 0.1) is 6.54 Å². The normalized spacial score (nSPS) is 24.7. The van der Waals surface area contributed by atoms with Crippen LogP contribution in [0.3, 0.4) is 0 Å². The molecule has 13 heavy (non-hydrogen) atoms. The third-order valence-electron chi connectivity index (χ3n) is 1.58. The Morgan fingerprint density at radius 2 is 2.08 bits per heavy atom. The van der Waals surface area contributed by atoms with Crippen molar-refractivity contribution in [3.05, 3.63) is 0 Å². The summed E-state index contributed by atoms with van der Waals surface area (Å²) in [6.45, 7) is -0.397. The summed E-state index contributed by atoms with van der Waals surface area (Å²) in [7, 11) is 0. The summed E-state index contributed by atoms with van der Waals surface area (Å²) < 4.78 is 35.2. The van der Waals surface area contributed by atoms with Gasteiger partial charge in [0.25, 0.3) is 0 Å². The average Bonchev–Trinajstić information content (AvgIpc) is 2.04. The van der Waals surface area contributed by atoms with Gasteiger partial charge >= 0.3 is 6.18 Å². The summed E-state index contributed by atoms with van der Waals surface area (Å²) >= 11 is 3.58. The van der Waals surface area contributed by atoms with Crippen LogP contribution in [-0.2, 0) is 0 Å². The lowest BCUT2D eigenvalue weighted by Crippen LogP contribution is -2.35. The minimum Gasteiger partial charge on any atom is -0.308 e. The number of rotatable bonds is 3. The summed E-state index contributed by atoms with van der Waals surface area (Å²) in [4.78, 5) is 0. The van der Waals surface area contributed by atoms with Crippen molar-refractivity contribution in [2.75, 3.05) is 30.3 Å². The molecule has 0 aliphatic carbocycles. The first-order chi connectivity index (χ1) is 6.08. The monoisotopic (exact) mass is 231 g/mol. The van der Waals surface area contributed by atoms with Crippen molar-refractivity contribution in [1.29, 1.82) is 0 Å². The Hall–Kier alpha value is 0.450. The van der Waals surface area contributed by atoms with Crippen molar-refractivity contribution in [2.45, 2.75) is 11.4 Å². The molecule has 78 valence electrons. The maximum Gasteiger partial charge on any atom is 0.401 e. The van der Waals surface area contributed by atoms with Crippen LogP contribution in [0.4, 0.5) is 13.2 Å². The minimum atomic E-state index is -4.08. The molecule has 0 saturated carbocycles. The van der Waals surface area contributed by atoms with Crippen LogP contribution in [0.5, 0.6) is 0 Å². The number of nitrogens with one attached hydrogen (secondary N) is 1. The van der Waals surface area contributed by atoms with E-state index in [2.05, 4.69) is 5.32 Å². The van der Waals surface area contributed by atoms with E-state index in [-0.39, 0.29) is 0 Å². The predicted octanol–water partition coefficient (Wildman–Crippen LogP) is 1.99. The predicted molar refractivity (Wildman–Crippen MR) is 52.5 cm³/mol. The number of alkyl halides is 3. The summed E-state index contributed by atoms with van der Waals surface area (Å²) in [5, 5.41) is 2.78. The third-order valence-corrected chi connectivity index (χ3v) is 4.43. The molecule has 0 bridgehead atoms. The second kappa shape index (κ2) is 5.36. The van der Waals surface area contributed by atoms with Crippen LogP contribution in [0, 0.1) is 0 Å². The molecule has 1 fully saturated rings. The van der Waals surface area contributed by atoms with Gasteiger partial charge in [0, 0.05) is 29.1 Å². The Labute approximate surface area is 84.2 Å². The Kier molecular flexibility index (Phi) is 4.75. The van der Waals surface area contributed by atoms with Crippen LogP contribution in [0.15, 0.2) is 0 Å². The molecular formula is C7H12F3NS2. The molecule has 0 radical (unpaired) electrons. The van der Waals surface area contributed by atoms with E-state index < -0.39 is 12.7 Å². The van der Waals surface area contributed by atoms with Gasteiger partial charge in [-0.15, -0.1) is 0 Å². The molecule has 1 atom stereocenters. The fourth-order valence-corrected chi connectivity index (χ4v) is 3.68. The van der Waals surface area contributed by atoms with Crippen LogP contribution >= 0.6 is 23.5 Å². The number of thioether (sulfide) groups is 2. The van der Waals surface area contributed by atoms with Crippen LogP contribution in [0.1, 0.15) is 0 Å². The van der Waals surface area contributed by atoms with Crippen LogP contribution < -0.4 is 5.32 Å². The van der Waals surface area contributed by atoms with Crippen molar-refractivity contribution >= 4 is 23.5 Å². The van der Waals surface area contributed by atoms with Gasteiger partial charge in [-0.2, -0.15) is 36.7 Å². The molecule has 0 amide bonds. The van der Waals surface area contributed by atoms with Crippen molar-refractivity contribution in [3.8, 4) is 0 Å². The quantitative estimate of drug-likeness (QED) is 0.797. The van der Waals surface area contributed by atoms with Crippen molar-refractivity contribution in [2.24, 2.45) is 0 Å². The molecule has 1 N–H and O–H groups in total. The molecule has 0 aromatic heterocycles. The van der Waals surface area contributed by atoms with Gasteiger partial charge < -0.3 is 5.32 Å². The van der Waals surface area contributed by atoms with Crippen LogP contribution in [0.25, 0.3) is 0 Å². The topological polar surface area (TPSA) is 12.0 Å². The van der Waals surface area contributed by atoms with E-state index in [1.807, 2.05) is 11.8 Å². The van der Waals surface area contributed by atoms with E-state index in [9.17, 15) is 13.2 Å². The highest BCUT2D eigenvalue weighted by Crippen LogP contribution is 2.23. The maximum absolute atomic E-state index is 11.7. The molecule has 1 aliphatic rings. The molecule has 0 spiro atoms. The second-order valence-corrected chi connectivity index (χ2v) is 5.37. The second-order valence-electron chi connectivity index (χ2n) is 2.81. The molecule has 6 heteroatoms. The highest BCUT2D eigenvalue weighted by atomic mass is 32.2. The van der Waals surface area contributed by atoms with E-state index in [1.165, 1.54) is 0 Å². The van der Waals surface area contributed by atoms with Gasteiger partial charge in [-0.3, -0.25) is 0 Å². The molecule has 1 nitrogen and oxygen atoms in total. The van der Waals surface area contributed by atoms with Crippen molar-refractivity contribution in [3.63, 3.8) is 0 Å². The molecular weight excluding hydrogens is 219 g/mol. The Balaban J connectivity index is 2.04. The molecule has 1 unspecified atom stereocenters. The molecule has 1 aliphatic heterocycles. The molecule has 1 rings (SSSR count). The highest BCUT2D eigenvalue weighted by molar-refractivity contribution is 8.06. The summed E-state index contributed by atoms with van der Waals surface area (Å²) in [6, 6.07) is 0. The van der Waals surface area contributed by atoms with E-state index in [0.29, 0.717) is 11.8 Å². The van der Waals surface area contributed by atoms with E-state index in [0.717, 1.165) is 17.3 Å². The number of hydrogen-bond acceptors (Lipinski definition) is 3. The smallest absolute Gasteiger partial charge is 0.308 e. The van der Waals surface area contributed by atoms with Gasteiger partial charge in [-0.1, -0.05) is 0 Å². The molecule has 1 heterocycles. The zero-order chi connectivity index (χ0) is 9.73. The lowest BCUT2D eigenvalue weighted by molar-refractivity contribution is -0.124. The van der Waals surface area contributed by atoms with E-state index in [1.54, 1.807) is 11.8 Å². The molecule has 0 aromatic rings. The Morgan fingerprint density at radius 3 is 2.62 bits per heavy atom. The largest absolute Gasteiger partial charge is 0.401 e. The standard InChI is InChI=1S/C7H12F3NS2/c8-7(9,10)5-11-3-6-4-12-1-2-13-6/h6,11H,1-5H2.